The van der Waals surface area contributed by atoms with Crippen LogP contribution in [0, 0.1) is 5.41 Å². The van der Waals surface area contributed by atoms with E-state index in [9.17, 15) is 9.59 Å². The number of carbonyl (C=O) groups is 2. The normalized spacial score (nSPS) is 38.5. The minimum absolute atomic E-state index is 0.0460. The van der Waals surface area contributed by atoms with Crippen LogP contribution in [0.25, 0.3) is 0 Å². The largest absolute Gasteiger partial charge is 0.467 e. The van der Waals surface area contributed by atoms with Crippen LogP contribution >= 0.6 is 0 Å². The molecule has 20 heavy (non-hydrogen) atoms. The Bertz CT molecular complexity index is 384. The lowest BCUT2D eigenvalue weighted by Crippen LogP contribution is -2.53. The van der Waals surface area contributed by atoms with Gasteiger partial charge in [0.05, 0.1) is 26.9 Å². The highest BCUT2D eigenvalue weighted by Gasteiger charge is 2.46. The van der Waals surface area contributed by atoms with E-state index in [2.05, 4.69) is 4.74 Å². The van der Waals surface area contributed by atoms with Crippen molar-refractivity contribution in [1.82, 2.24) is 0 Å². The van der Waals surface area contributed by atoms with Crippen LogP contribution in [0.5, 0.6) is 0 Å². The maximum Gasteiger partial charge on any atom is 0.342 e. The Kier molecular flexibility index (Phi) is 4.43. The summed E-state index contributed by atoms with van der Waals surface area (Å²) in [5.41, 5.74) is -0.439. The number of ether oxygens (including phenoxy) is 5. The summed E-state index contributed by atoms with van der Waals surface area (Å²) in [6.45, 7) is 2.79. The van der Waals surface area contributed by atoms with E-state index >= 15 is 0 Å². The topological polar surface area (TPSA) is 80.3 Å². The second-order valence-electron chi connectivity index (χ2n) is 5.46. The molecule has 114 valence electrons. The highest BCUT2D eigenvalue weighted by molar-refractivity contribution is 6.02. The van der Waals surface area contributed by atoms with Crippen molar-refractivity contribution < 1.29 is 33.3 Å². The molecular weight excluding hydrogens is 268 g/mol. The Morgan fingerprint density at radius 2 is 1.90 bits per heavy atom. The molecule has 0 amide bonds. The van der Waals surface area contributed by atoms with Gasteiger partial charge in [-0.25, -0.2) is 4.79 Å². The number of rotatable bonds is 2. The third-order valence-corrected chi connectivity index (χ3v) is 3.58. The molecule has 1 unspecified atom stereocenters. The molecule has 1 atom stereocenters. The zero-order chi connectivity index (χ0) is 14.8. The number of esters is 1. The van der Waals surface area contributed by atoms with Gasteiger partial charge < -0.3 is 23.7 Å². The smallest absolute Gasteiger partial charge is 0.342 e. The van der Waals surface area contributed by atoms with E-state index in [0.717, 1.165) is 0 Å². The highest BCUT2D eigenvalue weighted by Crippen LogP contribution is 2.35. The molecule has 3 saturated heterocycles. The number of hydrogen-bond donors (Lipinski definition) is 0. The van der Waals surface area contributed by atoms with E-state index in [1.807, 2.05) is 6.92 Å². The van der Waals surface area contributed by atoms with Crippen molar-refractivity contribution in [3.63, 3.8) is 0 Å². The Morgan fingerprint density at radius 3 is 2.45 bits per heavy atom. The van der Waals surface area contributed by atoms with Gasteiger partial charge in [-0.15, -0.1) is 0 Å². The predicted molar refractivity (Wildman–Crippen MR) is 65.7 cm³/mol. The first-order chi connectivity index (χ1) is 9.44. The van der Waals surface area contributed by atoms with Crippen molar-refractivity contribution in [3.05, 3.63) is 0 Å². The van der Waals surface area contributed by atoms with Crippen molar-refractivity contribution in [3.8, 4) is 0 Å². The van der Waals surface area contributed by atoms with Crippen LogP contribution in [0.15, 0.2) is 0 Å². The van der Waals surface area contributed by atoms with E-state index in [4.69, 9.17) is 18.9 Å². The van der Waals surface area contributed by atoms with Gasteiger partial charge in [-0.3, -0.25) is 4.79 Å². The van der Waals surface area contributed by atoms with Crippen molar-refractivity contribution in [2.75, 3.05) is 34.0 Å². The molecular formula is C13H20O7. The Morgan fingerprint density at radius 1 is 1.25 bits per heavy atom. The first-order valence-electron chi connectivity index (χ1n) is 6.49. The Balaban J connectivity index is 2.19. The van der Waals surface area contributed by atoms with E-state index in [0.29, 0.717) is 13.2 Å². The molecule has 0 aromatic heterocycles. The number of hydrogen-bond acceptors (Lipinski definition) is 7. The summed E-state index contributed by atoms with van der Waals surface area (Å²) in [7, 11) is 2.70. The quantitative estimate of drug-likeness (QED) is 0.532. The Labute approximate surface area is 117 Å². The fraction of sp³-hybridized carbons (Fsp3) is 0.846. The third kappa shape index (κ3) is 3.01. The monoisotopic (exact) mass is 288 g/mol. The number of Topliss-reactive ketones (excluding diaryl/α,β-unsaturated/α-hetero) is 1. The van der Waals surface area contributed by atoms with Crippen LogP contribution < -0.4 is 0 Å². The van der Waals surface area contributed by atoms with Crippen LogP contribution in [0.2, 0.25) is 0 Å². The van der Waals surface area contributed by atoms with Crippen LogP contribution in [0.3, 0.4) is 0 Å². The highest BCUT2D eigenvalue weighted by atomic mass is 16.9. The maximum atomic E-state index is 12.1. The summed E-state index contributed by atoms with van der Waals surface area (Å²) in [5, 5.41) is 0. The van der Waals surface area contributed by atoms with Crippen LogP contribution in [-0.4, -0.2) is 57.9 Å². The van der Waals surface area contributed by atoms with Crippen molar-refractivity contribution in [1.29, 1.82) is 0 Å². The lowest BCUT2D eigenvalue weighted by atomic mass is 9.92. The minimum atomic E-state index is -1.22. The van der Waals surface area contributed by atoms with Gasteiger partial charge in [0, 0.05) is 25.4 Å². The molecule has 3 heterocycles. The second kappa shape index (κ2) is 5.77. The number of ketones is 1. The zero-order valence-electron chi connectivity index (χ0n) is 12.0. The van der Waals surface area contributed by atoms with Gasteiger partial charge >= 0.3 is 5.97 Å². The molecule has 7 nitrogen and oxygen atoms in total. The number of methoxy groups -OCH3 is 2. The summed E-state index contributed by atoms with van der Waals surface area (Å²) in [6, 6.07) is 0. The average Bonchev–Trinajstić information content (AvgIpc) is 2.47. The average molecular weight is 288 g/mol. The molecule has 0 aromatic rings. The molecule has 2 bridgehead atoms. The SMILES string of the molecule is COC(=O)C1OCC2(C)COC(OC)(CCC1=O)OC2. The summed E-state index contributed by atoms with van der Waals surface area (Å²) < 4.78 is 26.6. The molecule has 3 aliphatic heterocycles. The molecule has 3 fully saturated rings. The Hall–Kier alpha value is -1.02. The maximum absolute atomic E-state index is 12.1. The van der Waals surface area contributed by atoms with Crippen molar-refractivity contribution in [2.24, 2.45) is 5.41 Å². The molecule has 0 aromatic carbocycles. The fourth-order valence-corrected chi connectivity index (χ4v) is 2.19. The molecule has 0 aliphatic carbocycles. The van der Waals surface area contributed by atoms with Crippen LogP contribution in [-0.2, 0) is 33.3 Å². The molecule has 3 aliphatic rings. The van der Waals surface area contributed by atoms with E-state index in [1.54, 1.807) is 0 Å². The van der Waals surface area contributed by atoms with Gasteiger partial charge in [0.2, 0.25) is 6.10 Å². The lowest BCUT2D eigenvalue weighted by Gasteiger charge is -2.44. The molecule has 3 rings (SSSR count). The summed E-state index contributed by atoms with van der Waals surface area (Å²) in [4.78, 5) is 23.7. The van der Waals surface area contributed by atoms with Crippen LogP contribution in [0.1, 0.15) is 19.8 Å². The van der Waals surface area contributed by atoms with Gasteiger partial charge in [-0.2, -0.15) is 0 Å². The van der Waals surface area contributed by atoms with E-state index < -0.39 is 23.5 Å². The minimum Gasteiger partial charge on any atom is -0.467 e. The van der Waals surface area contributed by atoms with Crippen LogP contribution in [0.4, 0.5) is 0 Å². The number of fused-ring (bicyclic) bond motifs is 7. The predicted octanol–water partition coefficient (Wildman–Crippen LogP) is 0.261. The van der Waals surface area contributed by atoms with Crippen molar-refractivity contribution >= 4 is 11.8 Å². The summed E-state index contributed by atoms with van der Waals surface area (Å²) in [6.07, 6.45) is -0.940. The lowest BCUT2D eigenvalue weighted by molar-refractivity contribution is -0.416. The van der Waals surface area contributed by atoms with Gasteiger partial charge in [0.1, 0.15) is 0 Å². The van der Waals surface area contributed by atoms with E-state index in [-0.39, 0.29) is 25.2 Å². The molecule has 0 N–H and O–H groups in total. The van der Waals surface area contributed by atoms with Gasteiger partial charge in [0.25, 0.3) is 5.97 Å². The fourth-order valence-electron chi connectivity index (χ4n) is 2.19. The molecule has 7 heteroatoms. The first kappa shape index (κ1) is 15.4. The third-order valence-electron chi connectivity index (χ3n) is 3.58. The summed E-state index contributed by atoms with van der Waals surface area (Å²) >= 11 is 0. The summed E-state index contributed by atoms with van der Waals surface area (Å²) in [5.74, 6) is -2.26. The standard InChI is InChI=1S/C13H20O7/c1-12-6-18-10(11(15)16-2)9(14)4-5-13(17-3,19-7-12)20-8-12/h10H,4-8H2,1-3H3. The van der Waals surface area contributed by atoms with Gasteiger partial charge in [-0.1, -0.05) is 6.92 Å². The van der Waals surface area contributed by atoms with Crippen molar-refractivity contribution in [2.45, 2.75) is 31.8 Å². The molecule has 0 radical (unpaired) electrons. The molecule has 0 spiro atoms. The van der Waals surface area contributed by atoms with E-state index in [1.165, 1.54) is 14.2 Å². The van der Waals surface area contributed by atoms with Gasteiger partial charge in [-0.05, 0) is 0 Å². The zero-order valence-corrected chi connectivity index (χ0v) is 12.0. The van der Waals surface area contributed by atoms with Gasteiger partial charge in [0.15, 0.2) is 5.78 Å². The second-order valence-corrected chi connectivity index (χ2v) is 5.46. The first-order valence-corrected chi connectivity index (χ1v) is 6.49. The number of carbonyl (C=O) groups excluding carboxylic acids is 2. The molecule has 0 saturated carbocycles.